The van der Waals surface area contributed by atoms with E-state index in [1.807, 2.05) is 24.3 Å². The first kappa shape index (κ1) is 16.4. The van der Waals surface area contributed by atoms with E-state index in [4.69, 9.17) is 0 Å². The summed E-state index contributed by atoms with van der Waals surface area (Å²) in [6, 6.07) is 14.8. The second-order valence-corrected chi connectivity index (χ2v) is 6.31. The molecule has 0 aliphatic heterocycles. The van der Waals surface area contributed by atoms with E-state index in [1.165, 1.54) is 12.1 Å². The second kappa shape index (κ2) is 6.24. The van der Waals surface area contributed by atoms with Gasteiger partial charge in [0.2, 0.25) is 0 Å². The van der Waals surface area contributed by atoms with Gasteiger partial charge >= 0.3 is 11.5 Å². The molecule has 0 spiro atoms. The molecule has 0 bridgehead atoms. The fraction of sp³-hybridized carbons (Fsp3) is 0.118. The predicted molar refractivity (Wildman–Crippen MR) is 86.4 cm³/mol. The minimum atomic E-state index is -4.32. The lowest BCUT2D eigenvalue weighted by molar-refractivity contribution is -0.0328. The van der Waals surface area contributed by atoms with Crippen molar-refractivity contribution in [3.63, 3.8) is 0 Å². The smallest absolute Gasteiger partial charge is 0.446 e. The van der Waals surface area contributed by atoms with Crippen LogP contribution in [0.15, 0.2) is 59.5 Å². The first-order valence-corrected chi connectivity index (χ1v) is 7.81. The van der Waals surface area contributed by atoms with Crippen LogP contribution >= 0.6 is 11.8 Å². The quantitative estimate of drug-likeness (QED) is 0.673. The van der Waals surface area contributed by atoms with E-state index in [1.54, 1.807) is 22.8 Å². The van der Waals surface area contributed by atoms with Gasteiger partial charge in [0.25, 0.3) is 0 Å². The van der Waals surface area contributed by atoms with Crippen molar-refractivity contribution in [3.8, 4) is 0 Å². The molecule has 3 aromatic rings. The molecule has 0 saturated carbocycles. The van der Waals surface area contributed by atoms with Gasteiger partial charge in [0, 0.05) is 22.3 Å². The highest BCUT2D eigenvalue weighted by molar-refractivity contribution is 8.00. The minimum absolute atomic E-state index is 0.0991. The average molecular weight is 351 g/mol. The van der Waals surface area contributed by atoms with Gasteiger partial charge in [-0.05, 0) is 41.6 Å². The van der Waals surface area contributed by atoms with Crippen molar-refractivity contribution >= 4 is 28.6 Å². The number of nitrogens with zero attached hydrogens (tertiary/aromatic N) is 1. The summed E-state index contributed by atoms with van der Waals surface area (Å²) >= 11 is -0.173. The Morgan fingerprint density at radius 3 is 2.38 bits per heavy atom. The number of rotatable bonds is 4. The van der Waals surface area contributed by atoms with Gasteiger partial charge in [-0.25, -0.2) is 4.79 Å². The number of thioether (sulfide) groups is 1. The molecular formula is C17H12F3NO2S. The summed E-state index contributed by atoms with van der Waals surface area (Å²) in [4.78, 5) is 11.5. The number of aromatic nitrogens is 1. The normalized spacial score (nSPS) is 11.8. The topological polar surface area (TPSA) is 42.2 Å². The van der Waals surface area contributed by atoms with Crippen molar-refractivity contribution in [2.45, 2.75) is 16.9 Å². The van der Waals surface area contributed by atoms with Crippen molar-refractivity contribution < 1.29 is 23.1 Å². The largest absolute Gasteiger partial charge is 0.477 e. The number of para-hydroxylation sites is 1. The molecule has 3 rings (SSSR count). The van der Waals surface area contributed by atoms with Crippen LogP contribution in [0.25, 0.3) is 10.9 Å². The van der Waals surface area contributed by atoms with Gasteiger partial charge in [0.05, 0.1) is 0 Å². The molecule has 0 atom stereocenters. The zero-order valence-electron chi connectivity index (χ0n) is 12.2. The average Bonchev–Trinajstić information content (AvgIpc) is 2.87. The summed E-state index contributed by atoms with van der Waals surface area (Å²) in [5.74, 6) is -1.05. The number of alkyl halides is 3. The summed E-state index contributed by atoms with van der Waals surface area (Å²) in [5, 5.41) is 10.2. The van der Waals surface area contributed by atoms with E-state index in [0.29, 0.717) is 0 Å². The van der Waals surface area contributed by atoms with Crippen LogP contribution in [0.3, 0.4) is 0 Å². The van der Waals surface area contributed by atoms with E-state index in [2.05, 4.69) is 0 Å². The van der Waals surface area contributed by atoms with Gasteiger partial charge in [0.15, 0.2) is 0 Å². The number of benzene rings is 2. The van der Waals surface area contributed by atoms with Crippen molar-refractivity contribution in [1.29, 1.82) is 0 Å². The molecule has 2 aromatic carbocycles. The van der Waals surface area contributed by atoms with Crippen LogP contribution in [0.1, 0.15) is 16.1 Å². The van der Waals surface area contributed by atoms with Crippen molar-refractivity contribution in [1.82, 2.24) is 4.57 Å². The van der Waals surface area contributed by atoms with Crippen LogP contribution in [-0.4, -0.2) is 21.2 Å². The number of aromatic carboxylic acids is 1. The molecule has 124 valence electrons. The molecule has 7 heteroatoms. The summed E-state index contributed by atoms with van der Waals surface area (Å²) in [6.45, 7) is 0.270. The first-order valence-electron chi connectivity index (χ1n) is 7.00. The molecule has 3 nitrogen and oxygen atoms in total. The number of halogens is 3. The predicted octanol–water partition coefficient (Wildman–Crippen LogP) is 5.00. The molecule has 1 heterocycles. The molecule has 0 amide bonds. The van der Waals surface area contributed by atoms with Crippen molar-refractivity contribution in [2.24, 2.45) is 0 Å². The molecule has 0 fully saturated rings. The highest BCUT2D eigenvalue weighted by Gasteiger charge is 2.29. The van der Waals surface area contributed by atoms with Crippen LogP contribution in [0.4, 0.5) is 13.2 Å². The Morgan fingerprint density at radius 2 is 1.75 bits per heavy atom. The van der Waals surface area contributed by atoms with E-state index in [9.17, 15) is 23.1 Å². The fourth-order valence-corrected chi connectivity index (χ4v) is 3.08. The molecule has 0 aliphatic carbocycles. The highest BCUT2D eigenvalue weighted by Crippen LogP contribution is 2.36. The monoisotopic (exact) mass is 351 g/mol. The van der Waals surface area contributed by atoms with Gasteiger partial charge in [-0.2, -0.15) is 13.2 Å². The van der Waals surface area contributed by atoms with Crippen LogP contribution in [0.2, 0.25) is 0 Å². The maximum absolute atomic E-state index is 12.4. The zero-order chi connectivity index (χ0) is 17.3. The first-order chi connectivity index (χ1) is 11.3. The SMILES string of the molecule is O=C(O)c1cc2ccccc2n1Cc1ccc(SC(F)(F)F)cc1. The van der Waals surface area contributed by atoms with Gasteiger partial charge in [-0.3, -0.25) is 0 Å². The Labute approximate surface area is 139 Å². The second-order valence-electron chi connectivity index (χ2n) is 5.17. The fourth-order valence-electron chi connectivity index (χ4n) is 2.54. The minimum Gasteiger partial charge on any atom is -0.477 e. The third-order valence-electron chi connectivity index (χ3n) is 3.53. The van der Waals surface area contributed by atoms with Crippen molar-refractivity contribution in [3.05, 3.63) is 65.9 Å². The summed E-state index contributed by atoms with van der Waals surface area (Å²) in [5.41, 5.74) is -2.69. The van der Waals surface area contributed by atoms with Gasteiger partial charge < -0.3 is 9.67 Å². The zero-order valence-corrected chi connectivity index (χ0v) is 13.1. The van der Waals surface area contributed by atoms with Crippen molar-refractivity contribution in [2.75, 3.05) is 0 Å². The van der Waals surface area contributed by atoms with Gasteiger partial charge in [0.1, 0.15) is 5.69 Å². The van der Waals surface area contributed by atoms with Crippen LogP contribution < -0.4 is 0 Å². The lowest BCUT2D eigenvalue weighted by atomic mass is 10.2. The van der Waals surface area contributed by atoms with Gasteiger partial charge in [-0.15, -0.1) is 0 Å². The van der Waals surface area contributed by atoms with Crippen LogP contribution in [0.5, 0.6) is 0 Å². The summed E-state index contributed by atoms with van der Waals surface area (Å²) < 4.78 is 38.7. The molecule has 0 saturated heterocycles. The van der Waals surface area contributed by atoms with Crippen LogP contribution in [-0.2, 0) is 6.54 Å². The third kappa shape index (κ3) is 3.56. The summed E-state index contributed by atoms with van der Waals surface area (Å²) in [7, 11) is 0. The van der Waals surface area contributed by atoms with Crippen LogP contribution in [0, 0.1) is 0 Å². The highest BCUT2D eigenvalue weighted by atomic mass is 32.2. The Hall–Kier alpha value is -2.41. The maximum Gasteiger partial charge on any atom is 0.446 e. The van der Waals surface area contributed by atoms with Gasteiger partial charge in [-0.1, -0.05) is 30.3 Å². The number of fused-ring (bicyclic) bond motifs is 1. The Kier molecular flexibility index (Phi) is 4.28. The molecule has 1 aromatic heterocycles. The van der Waals surface area contributed by atoms with E-state index >= 15 is 0 Å². The Balaban J connectivity index is 1.92. The lowest BCUT2D eigenvalue weighted by Crippen LogP contribution is -2.09. The summed E-state index contributed by atoms with van der Waals surface area (Å²) in [6.07, 6.45) is 0. The molecular weight excluding hydrogens is 339 g/mol. The Bertz CT molecular complexity index is 885. The number of carboxylic acids is 1. The number of carbonyl (C=O) groups is 1. The molecule has 24 heavy (non-hydrogen) atoms. The number of hydrogen-bond acceptors (Lipinski definition) is 2. The number of hydrogen-bond donors (Lipinski definition) is 1. The maximum atomic E-state index is 12.4. The Morgan fingerprint density at radius 1 is 1.08 bits per heavy atom. The number of carboxylic acid groups (broad SMARTS) is 1. The lowest BCUT2D eigenvalue weighted by Gasteiger charge is -2.10. The van der Waals surface area contributed by atoms with E-state index in [-0.39, 0.29) is 28.9 Å². The molecule has 0 aliphatic rings. The van der Waals surface area contributed by atoms with E-state index in [0.717, 1.165) is 16.5 Å². The molecule has 1 N–H and O–H groups in total. The standard InChI is InChI=1S/C17H12F3NO2S/c18-17(19,20)24-13-7-5-11(6-8-13)10-21-14-4-2-1-3-12(14)9-15(21)16(22)23/h1-9H,10H2,(H,22,23). The van der Waals surface area contributed by atoms with E-state index < -0.39 is 11.5 Å². The molecule has 0 radical (unpaired) electrons. The third-order valence-corrected chi connectivity index (χ3v) is 4.27. The molecule has 0 unspecified atom stereocenters.